The van der Waals surface area contributed by atoms with Crippen LogP contribution in [0.3, 0.4) is 0 Å². The first-order valence-electron chi connectivity index (χ1n) is 9.55. The second kappa shape index (κ2) is 11.7. The van der Waals surface area contributed by atoms with Gasteiger partial charge in [0.05, 0.1) is 13.2 Å². The first-order chi connectivity index (χ1) is 12.3. The van der Waals surface area contributed by atoms with E-state index in [1.807, 2.05) is 18.2 Å². The molecule has 140 valence electrons. The van der Waals surface area contributed by atoms with E-state index >= 15 is 0 Å². The van der Waals surface area contributed by atoms with Crippen LogP contribution in [-0.4, -0.2) is 39.4 Å². The summed E-state index contributed by atoms with van der Waals surface area (Å²) in [7, 11) is 1.75. The van der Waals surface area contributed by atoms with E-state index in [1.165, 1.54) is 12.8 Å². The maximum absolute atomic E-state index is 5.97. The summed E-state index contributed by atoms with van der Waals surface area (Å²) in [6.07, 6.45) is 6.00. The molecule has 1 aliphatic carbocycles. The molecule has 0 heterocycles. The van der Waals surface area contributed by atoms with Gasteiger partial charge in [0, 0.05) is 32.4 Å². The molecule has 0 bridgehead atoms. The molecule has 0 spiro atoms. The van der Waals surface area contributed by atoms with Crippen LogP contribution in [-0.2, 0) is 11.3 Å². The van der Waals surface area contributed by atoms with Crippen molar-refractivity contribution in [2.24, 2.45) is 10.9 Å². The average Bonchev–Trinajstić information content (AvgIpc) is 3.46. The van der Waals surface area contributed by atoms with E-state index < -0.39 is 0 Å². The summed E-state index contributed by atoms with van der Waals surface area (Å²) in [4.78, 5) is 4.71. The summed E-state index contributed by atoms with van der Waals surface area (Å²) in [5.41, 5.74) is 1.14. The zero-order valence-electron chi connectivity index (χ0n) is 15.7. The topological polar surface area (TPSA) is 54.9 Å². The molecule has 25 heavy (non-hydrogen) atoms. The van der Waals surface area contributed by atoms with Crippen molar-refractivity contribution in [2.45, 2.75) is 45.6 Å². The fourth-order valence-corrected chi connectivity index (χ4v) is 2.53. The SMILES string of the molecule is CCNC(=NCc1ccccc1OCC1CC1)NCCCCCOC. The highest BCUT2D eigenvalue weighted by Crippen LogP contribution is 2.30. The number of methoxy groups -OCH3 is 1. The maximum atomic E-state index is 5.97. The lowest BCUT2D eigenvalue weighted by Crippen LogP contribution is -2.37. The average molecular weight is 348 g/mol. The minimum absolute atomic E-state index is 0.625. The fraction of sp³-hybridized carbons (Fsp3) is 0.650. The Hall–Kier alpha value is -1.75. The Morgan fingerprint density at radius 3 is 2.76 bits per heavy atom. The highest BCUT2D eigenvalue weighted by Gasteiger charge is 2.22. The number of unbranched alkanes of at least 4 members (excludes halogenated alkanes) is 2. The van der Waals surface area contributed by atoms with Crippen LogP contribution in [0.1, 0.15) is 44.6 Å². The molecule has 1 fully saturated rings. The van der Waals surface area contributed by atoms with Gasteiger partial charge in [-0.3, -0.25) is 0 Å². The first-order valence-corrected chi connectivity index (χ1v) is 9.55. The van der Waals surface area contributed by atoms with Crippen LogP contribution < -0.4 is 15.4 Å². The molecule has 1 aliphatic rings. The van der Waals surface area contributed by atoms with E-state index in [4.69, 9.17) is 14.5 Å². The minimum Gasteiger partial charge on any atom is -0.493 e. The van der Waals surface area contributed by atoms with Gasteiger partial charge in [-0.05, 0) is 51.0 Å². The van der Waals surface area contributed by atoms with Gasteiger partial charge < -0.3 is 20.1 Å². The molecule has 0 unspecified atom stereocenters. The molecule has 5 heteroatoms. The minimum atomic E-state index is 0.625. The van der Waals surface area contributed by atoms with E-state index in [-0.39, 0.29) is 0 Å². The van der Waals surface area contributed by atoms with Crippen LogP contribution in [0.4, 0.5) is 0 Å². The largest absolute Gasteiger partial charge is 0.493 e. The third kappa shape index (κ3) is 8.25. The second-order valence-corrected chi connectivity index (χ2v) is 6.54. The molecule has 5 nitrogen and oxygen atoms in total. The van der Waals surface area contributed by atoms with Gasteiger partial charge in [-0.1, -0.05) is 18.2 Å². The number of ether oxygens (including phenoxy) is 2. The Bertz CT molecular complexity index is 515. The lowest BCUT2D eigenvalue weighted by molar-refractivity contribution is 0.192. The predicted molar refractivity (Wildman–Crippen MR) is 103 cm³/mol. The van der Waals surface area contributed by atoms with E-state index in [0.29, 0.717) is 6.54 Å². The van der Waals surface area contributed by atoms with Crippen molar-refractivity contribution < 1.29 is 9.47 Å². The van der Waals surface area contributed by atoms with Crippen molar-refractivity contribution >= 4 is 5.96 Å². The molecular weight excluding hydrogens is 314 g/mol. The molecule has 0 atom stereocenters. The van der Waals surface area contributed by atoms with Crippen LogP contribution in [0.2, 0.25) is 0 Å². The maximum Gasteiger partial charge on any atom is 0.191 e. The smallest absolute Gasteiger partial charge is 0.191 e. The second-order valence-electron chi connectivity index (χ2n) is 6.54. The van der Waals surface area contributed by atoms with E-state index in [9.17, 15) is 0 Å². The number of nitrogens with zero attached hydrogens (tertiary/aromatic N) is 1. The highest BCUT2D eigenvalue weighted by molar-refractivity contribution is 5.79. The summed E-state index contributed by atoms with van der Waals surface area (Å²) in [6.45, 7) is 6.17. The molecule has 1 saturated carbocycles. The van der Waals surface area contributed by atoms with Crippen LogP contribution in [0, 0.1) is 5.92 Å². The highest BCUT2D eigenvalue weighted by atomic mass is 16.5. The fourth-order valence-electron chi connectivity index (χ4n) is 2.53. The molecule has 2 N–H and O–H groups in total. The summed E-state index contributed by atoms with van der Waals surface area (Å²) >= 11 is 0. The normalized spacial score (nSPS) is 14.4. The van der Waals surface area contributed by atoms with E-state index in [1.54, 1.807) is 7.11 Å². The lowest BCUT2D eigenvalue weighted by Gasteiger charge is -2.13. The predicted octanol–water partition coefficient (Wildman–Crippen LogP) is 3.35. The van der Waals surface area contributed by atoms with Gasteiger partial charge in [0.25, 0.3) is 0 Å². The third-order valence-electron chi connectivity index (χ3n) is 4.21. The quantitative estimate of drug-likeness (QED) is 0.346. The molecule has 0 aromatic heterocycles. The van der Waals surface area contributed by atoms with E-state index in [2.05, 4.69) is 23.6 Å². The number of nitrogens with one attached hydrogen (secondary N) is 2. The van der Waals surface area contributed by atoms with Crippen molar-refractivity contribution in [3.63, 3.8) is 0 Å². The van der Waals surface area contributed by atoms with E-state index in [0.717, 1.165) is 68.8 Å². The van der Waals surface area contributed by atoms with Gasteiger partial charge in [-0.25, -0.2) is 4.99 Å². The Balaban J connectivity index is 1.80. The Labute approximate surface area is 152 Å². The van der Waals surface area contributed by atoms with Gasteiger partial charge in [0.15, 0.2) is 5.96 Å². The molecule has 0 saturated heterocycles. The summed E-state index contributed by atoms with van der Waals surface area (Å²) < 4.78 is 11.0. The first kappa shape index (κ1) is 19.6. The number of guanidine groups is 1. The van der Waals surface area contributed by atoms with Crippen molar-refractivity contribution in [1.29, 1.82) is 0 Å². The zero-order chi connectivity index (χ0) is 17.7. The van der Waals surface area contributed by atoms with Crippen LogP contribution in [0.25, 0.3) is 0 Å². The van der Waals surface area contributed by atoms with Crippen molar-refractivity contribution in [1.82, 2.24) is 10.6 Å². The Morgan fingerprint density at radius 2 is 2.00 bits per heavy atom. The van der Waals surface area contributed by atoms with Crippen LogP contribution >= 0.6 is 0 Å². The van der Waals surface area contributed by atoms with Gasteiger partial charge in [-0.2, -0.15) is 0 Å². The van der Waals surface area contributed by atoms with Crippen molar-refractivity contribution in [2.75, 3.05) is 33.4 Å². The summed E-state index contributed by atoms with van der Waals surface area (Å²) in [6, 6.07) is 8.22. The van der Waals surface area contributed by atoms with Gasteiger partial charge >= 0.3 is 0 Å². The Morgan fingerprint density at radius 1 is 1.16 bits per heavy atom. The van der Waals surface area contributed by atoms with Crippen molar-refractivity contribution in [3.8, 4) is 5.75 Å². The van der Waals surface area contributed by atoms with Gasteiger partial charge in [0.1, 0.15) is 5.75 Å². The number of para-hydroxylation sites is 1. The van der Waals surface area contributed by atoms with Crippen LogP contribution in [0.5, 0.6) is 5.75 Å². The molecule has 1 aromatic carbocycles. The van der Waals surface area contributed by atoms with Crippen molar-refractivity contribution in [3.05, 3.63) is 29.8 Å². The summed E-state index contributed by atoms with van der Waals surface area (Å²) in [5.74, 6) is 2.59. The number of hydrogen-bond acceptors (Lipinski definition) is 3. The Kier molecular flexibility index (Phi) is 9.19. The molecule has 0 amide bonds. The molecular formula is C20H33N3O2. The van der Waals surface area contributed by atoms with Gasteiger partial charge in [0.2, 0.25) is 0 Å². The number of rotatable bonds is 12. The molecule has 0 radical (unpaired) electrons. The van der Waals surface area contributed by atoms with Crippen LogP contribution in [0.15, 0.2) is 29.3 Å². The number of benzene rings is 1. The monoisotopic (exact) mass is 347 g/mol. The standard InChI is InChI=1S/C20H33N3O2/c1-3-21-20(22-13-7-4-8-14-24-2)23-15-18-9-5-6-10-19(18)25-16-17-11-12-17/h5-6,9-10,17H,3-4,7-8,11-16H2,1-2H3,(H2,21,22,23). The molecule has 2 rings (SSSR count). The summed E-state index contributed by atoms with van der Waals surface area (Å²) in [5, 5.41) is 6.71. The molecule has 0 aliphatic heterocycles. The third-order valence-corrected chi connectivity index (χ3v) is 4.21. The van der Waals surface area contributed by atoms with Gasteiger partial charge in [-0.15, -0.1) is 0 Å². The number of aliphatic imine (C=N–C) groups is 1. The molecule has 1 aromatic rings. The lowest BCUT2D eigenvalue weighted by atomic mass is 10.2. The zero-order valence-corrected chi connectivity index (χ0v) is 15.7. The number of hydrogen-bond donors (Lipinski definition) is 2.